The van der Waals surface area contributed by atoms with Crippen LogP contribution in [0.1, 0.15) is 43.7 Å². The van der Waals surface area contributed by atoms with Crippen molar-refractivity contribution in [2.45, 2.75) is 50.9 Å². The number of carbonyl (C=O) groups excluding carboxylic acids is 1. The van der Waals surface area contributed by atoms with Gasteiger partial charge in [-0.25, -0.2) is 8.42 Å². The van der Waals surface area contributed by atoms with Crippen molar-refractivity contribution in [2.24, 2.45) is 0 Å². The Morgan fingerprint density at radius 2 is 1.56 bits per heavy atom. The fraction of sp³-hybridized carbons (Fsp3) is 0.632. The summed E-state index contributed by atoms with van der Waals surface area (Å²) in [6, 6.07) is 8.15. The number of sulfone groups is 1. The van der Waals surface area contributed by atoms with E-state index >= 15 is 0 Å². The maximum absolute atomic E-state index is 12.5. The standard InChI is InChI=1S/C19H30N2O3S/c1-4-21(14-17-11-9-16(10-12-17)13-20(2)3)19(22)15-25(23,24)18-7-5-6-8-18/h9-12,18H,4-8,13-15H2,1-3H3. The molecule has 1 saturated carbocycles. The van der Waals surface area contributed by atoms with Crippen LogP contribution in [0.3, 0.4) is 0 Å². The van der Waals surface area contributed by atoms with Gasteiger partial charge in [0.2, 0.25) is 5.91 Å². The molecule has 1 aromatic carbocycles. The van der Waals surface area contributed by atoms with Crippen LogP contribution in [0.2, 0.25) is 0 Å². The van der Waals surface area contributed by atoms with Gasteiger partial charge in [-0.3, -0.25) is 4.79 Å². The summed E-state index contributed by atoms with van der Waals surface area (Å²) in [5.74, 6) is -0.642. The van der Waals surface area contributed by atoms with E-state index in [2.05, 4.69) is 17.0 Å². The molecule has 0 heterocycles. The summed E-state index contributed by atoms with van der Waals surface area (Å²) >= 11 is 0. The second kappa shape index (κ2) is 8.81. The van der Waals surface area contributed by atoms with E-state index in [-0.39, 0.29) is 16.9 Å². The summed E-state index contributed by atoms with van der Waals surface area (Å²) in [5, 5.41) is -0.319. The van der Waals surface area contributed by atoms with Crippen molar-refractivity contribution < 1.29 is 13.2 Å². The van der Waals surface area contributed by atoms with Crippen molar-refractivity contribution >= 4 is 15.7 Å². The van der Waals surface area contributed by atoms with Crippen LogP contribution in [0.25, 0.3) is 0 Å². The molecule has 1 aliphatic carbocycles. The minimum Gasteiger partial charge on any atom is -0.338 e. The van der Waals surface area contributed by atoms with Gasteiger partial charge < -0.3 is 9.80 Å². The second-order valence-electron chi connectivity index (χ2n) is 7.18. The first-order valence-electron chi connectivity index (χ1n) is 9.03. The van der Waals surface area contributed by atoms with Crippen molar-refractivity contribution in [1.82, 2.24) is 9.80 Å². The molecule has 0 radical (unpaired) electrons. The third kappa shape index (κ3) is 5.82. The molecule has 1 aliphatic rings. The Morgan fingerprint density at radius 3 is 2.04 bits per heavy atom. The molecular formula is C19H30N2O3S. The highest BCUT2D eigenvalue weighted by Crippen LogP contribution is 2.25. The lowest BCUT2D eigenvalue weighted by Crippen LogP contribution is -2.37. The van der Waals surface area contributed by atoms with Gasteiger partial charge in [0.25, 0.3) is 0 Å². The summed E-state index contributed by atoms with van der Waals surface area (Å²) in [5.41, 5.74) is 2.24. The second-order valence-corrected chi connectivity index (χ2v) is 9.46. The van der Waals surface area contributed by atoms with E-state index in [4.69, 9.17) is 0 Å². The molecule has 1 fully saturated rings. The monoisotopic (exact) mass is 366 g/mol. The molecule has 0 unspecified atom stereocenters. The molecule has 1 aromatic rings. The van der Waals surface area contributed by atoms with E-state index in [1.165, 1.54) is 5.56 Å². The molecule has 25 heavy (non-hydrogen) atoms. The van der Waals surface area contributed by atoms with Crippen molar-refractivity contribution in [1.29, 1.82) is 0 Å². The molecule has 5 nitrogen and oxygen atoms in total. The third-order valence-corrected chi connectivity index (χ3v) is 6.90. The molecule has 0 saturated heterocycles. The van der Waals surface area contributed by atoms with Gasteiger partial charge in [0.15, 0.2) is 9.84 Å². The fourth-order valence-electron chi connectivity index (χ4n) is 3.34. The predicted octanol–water partition coefficient (Wildman–Crippen LogP) is 2.45. The van der Waals surface area contributed by atoms with Gasteiger partial charge in [0.1, 0.15) is 5.75 Å². The summed E-state index contributed by atoms with van der Waals surface area (Å²) in [6.45, 7) is 3.73. The molecule has 6 heteroatoms. The highest BCUT2D eigenvalue weighted by Gasteiger charge is 2.31. The zero-order chi connectivity index (χ0) is 18.4. The topological polar surface area (TPSA) is 57.7 Å². The smallest absolute Gasteiger partial charge is 0.238 e. The van der Waals surface area contributed by atoms with Gasteiger partial charge in [-0.2, -0.15) is 0 Å². The number of benzene rings is 1. The molecule has 0 bridgehead atoms. The average Bonchev–Trinajstić information content (AvgIpc) is 3.08. The number of hydrogen-bond acceptors (Lipinski definition) is 4. The molecule has 140 valence electrons. The summed E-state index contributed by atoms with van der Waals surface area (Å²) < 4.78 is 24.8. The Hall–Kier alpha value is -1.40. The lowest BCUT2D eigenvalue weighted by molar-refractivity contribution is -0.128. The van der Waals surface area contributed by atoms with E-state index in [0.717, 1.165) is 24.9 Å². The van der Waals surface area contributed by atoms with Gasteiger partial charge in [0, 0.05) is 19.6 Å². The van der Waals surface area contributed by atoms with Crippen LogP contribution in [0.5, 0.6) is 0 Å². The minimum absolute atomic E-state index is 0.285. The first-order valence-corrected chi connectivity index (χ1v) is 10.7. The molecular weight excluding hydrogens is 336 g/mol. The predicted molar refractivity (Wildman–Crippen MR) is 101 cm³/mol. The molecule has 0 aromatic heterocycles. The lowest BCUT2D eigenvalue weighted by atomic mass is 10.1. The molecule has 0 atom stereocenters. The Labute approximate surface area is 151 Å². The van der Waals surface area contributed by atoms with E-state index in [9.17, 15) is 13.2 Å². The number of amides is 1. The zero-order valence-corrected chi connectivity index (χ0v) is 16.4. The van der Waals surface area contributed by atoms with E-state index in [1.54, 1.807) is 4.90 Å². The third-order valence-electron chi connectivity index (χ3n) is 4.76. The first-order chi connectivity index (χ1) is 11.8. The quantitative estimate of drug-likeness (QED) is 0.709. The Bertz CT molecular complexity index is 662. The van der Waals surface area contributed by atoms with Crippen molar-refractivity contribution in [3.05, 3.63) is 35.4 Å². The van der Waals surface area contributed by atoms with Crippen LogP contribution >= 0.6 is 0 Å². The highest BCUT2D eigenvalue weighted by atomic mass is 32.2. The van der Waals surface area contributed by atoms with Crippen LogP contribution in [0.15, 0.2) is 24.3 Å². The highest BCUT2D eigenvalue weighted by molar-refractivity contribution is 7.92. The first kappa shape index (κ1) is 19.9. The lowest BCUT2D eigenvalue weighted by Gasteiger charge is -2.22. The number of hydrogen-bond donors (Lipinski definition) is 0. The van der Waals surface area contributed by atoms with E-state index < -0.39 is 9.84 Å². The molecule has 2 rings (SSSR count). The van der Waals surface area contributed by atoms with Crippen molar-refractivity contribution in [3.8, 4) is 0 Å². The van der Waals surface area contributed by atoms with Crippen molar-refractivity contribution in [3.63, 3.8) is 0 Å². The van der Waals surface area contributed by atoms with Gasteiger partial charge in [-0.15, -0.1) is 0 Å². The number of rotatable bonds is 8. The Morgan fingerprint density at radius 1 is 1.04 bits per heavy atom. The van der Waals surface area contributed by atoms with Gasteiger partial charge in [0.05, 0.1) is 5.25 Å². The van der Waals surface area contributed by atoms with Gasteiger partial charge in [-0.05, 0) is 45.0 Å². The maximum Gasteiger partial charge on any atom is 0.238 e. The zero-order valence-electron chi connectivity index (χ0n) is 15.6. The van der Waals surface area contributed by atoms with Gasteiger partial charge in [-0.1, -0.05) is 37.1 Å². The van der Waals surface area contributed by atoms with E-state index in [1.807, 2.05) is 33.2 Å². The molecule has 0 N–H and O–H groups in total. The summed E-state index contributed by atoms with van der Waals surface area (Å²) in [4.78, 5) is 16.2. The van der Waals surface area contributed by atoms with Crippen molar-refractivity contribution in [2.75, 3.05) is 26.4 Å². The normalized spacial score (nSPS) is 15.7. The van der Waals surface area contributed by atoms with Gasteiger partial charge >= 0.3 is 0 Å². The molecule has 0 aliphatic heterocycles. The molecule has 1 amide bonds. The van der Waals surface area contributed by atoms with Crippen LogP contribution in [0.4, 0.5) is 0 Å². The largest absolute Gasteiger partial charge is 0.338 e. The minimum atomic E-state index is -3.32. The Balaban J connectivity index is 1.97. The maximum atomic E-state index is 12.5. The fourth-order valence-corrected chi connectivity index (χ4v) is 5.15. The van der Waals surface area contributed by atoms with E-state index in [0.29, 0.717) is 25.9 Å². The van der Waals surface area contributed by atoms with Crippen LogP contribution in [0, 0.1) is 0 Å². The molecule has 0 spiro atoms. The Kier molecular flexibility index (Phi) is 7.02. The average molecular weight is 367 g/mol. The number of carbonyl (C=O) groups is 1. The SMILES string of the molecule is CCN(Cc1ccc(CN(C)C)cc1)C(=O)CS(=O)(=O)C1CCCC1. The van der Waals surface area contributed by atoms with Crippen LogP contribution < -0.4 is 0 Å². The van der Waals surface area contributed by atoms with Crippen LogP contribution in [-0.2, 0) is 27.7 Å². The van der Waals surface area contributed by atoms with Crippen LogP contribution in [-0.4, -0.2) is 55.8 Å². The summed E-state index contributed by atoms with van der Waals surface area (Å²) in [7, 11) is 0.724. The number of nitrogens with zero attached hydrogens (tertiary/aromatic N) is 2. The summed E-state index contributed by atoms with van der Waals surface area (Å²) in [6.07, 6.45) is 3.31.